The summed E-state index contributed by atoms with van der Waals surface area (Å²) in [7, 11) is 0. The molecule has 1 aliphatic heterocycles. The summed E-state index contributed by atoms with van der Waals surface area (Å²) in [5.41, 5.74) is 0.633. The summed E-state index contributed by atoms with van der Waals surface area (Å²) in [5.74, 6) is -0.446. The van der Waals surface area contributed by atoms with Gasteiger partial charge in [-0.05, 0) is 30.4 Å². The molecule has 4 nitrogen and oxygen atoms in total. The first-order valence-electron chi connectivity index (χ1n) is 7.16. The van der Waals surface area contributed by atoms with E-state index in [1.54, 1.807) is 0 Å². The van der Waals surface area contributed by atoms with Crippen molar-refractivity contribution in [3.8, 4) is 0 Å². The van der Waals surface area contributed by atoms with Crippen LogP contribution < -0.4 is 4.90 Å². The summed E-state index contributed by atoms with van der Waals surface area (Å²) in [6, 6.07) is 3.06. The topological polar surface area (TPSA) is 53.4 Å². The summed E-state index contributed by atoms with van der Waals surface area (Å²) in [6.07, 6.45) is 4.50. The smallest absolute Gasteiger partial charge is 0.339 e. The number of carboxylic acids is 1. The molecule has 1 aliphatic rings. The van der Waals surface area contributed by atoms with Crippen LogP contribution in [-0.2, 0) is 0 Å². The van der Waals surface area contributed by atoms with Gasteiger partial charge < -0.3 is 10.0 Å². The van der Waals surface area contributed by atoms with E-state index in [9.17, 15) is 9.90 Å². The Labute approximate surface area is 124 Å². The van der Waals surface area contributed by atoms with Crippen molar-refractivity contribution in [2.45, 2.75) is 39.5 Å². The van der Waals surface area contributed by atoms with Crippen molar-refractivity contribution in [2.75, 3.05) is 18.0 Å². The predicted octanol–water partition coefficient (Wildman–Crippen LogP) is 3.84. The Kier molecular flexibility index (Phi) is 4.53. The second-order valence-electron chi connectivity index (χ2n) is 5.50. The van der Waals surface area contributed by atoms with Gasteiger partial charge in [0.25, 0.3) is 0 Å². The van der Waals surface area contributed by atoms with Crippen molar-refractivity contribution in [1.82, 2.24) is 4.98 Å². The van der Waals surface area contributed by atoms with E-state index in [1.807, 2.05) is 0 Å². The number of hydrogen-bond donors (Lipinski definition) is 1. The van der Waals surface area contributed by atoms with Crippen LogP contribution in [0.3, 0.4) is 0 Å². The molecule has 0 spiro atoms. The third-order valence-electron chi connectivity index (χ3n) is 4.70. The van der Waals surface area contributed by atoms with E-state index in [-0.39, 0.29) is 5.56 Å². The van der Waals surface area contributed by atoms with Crippen LogP contribution in [0.4, 0.5) is 5.82 Å². The van der Waals surface area contributed by atoms with E-state index in [1.165, 1.54) is 25.0 Å². The van der Waals surface area contributed by atoms with Gasteiger partial charge >= 0.3 is 5.97 Å². The van der Waals surface area contributed by atoms with Crippen LogP contribution in [0.5, 0.6) is 0 Å². The molecule has 0 bridgehead atoms. The Balaban J connectivity index is 2.22. The standard InChI is InChI=1S/C15H21ClN2O2/c1-3-15(4-2)7-9-18(10-8-15)13-11(14(19)20)5-6-12(16)17-13/h5-6H,3-4,7-10H2,1-2H3,(H,19,20). The number of nitrogens with zero attached hydrogens (tertiary/aromatic N) is 2. The number of aromatic nitrogens is 1. The predicted molar refractivity (Wildman–Crippen MR) is 80.7 cm³/mol. The zero-order valence-electron chi connectivity index (χ0n) is 12.0. The molecule has 0 unspecified atom stereocenters. The number of anilines is 1. The van der Waals surface area contributed by atoms with Crippen molar-refractivity contribution in [2.24, 2.45) is 5.41 Å². The molecule has 5 heteroatoms. The third kappa shape index (κ3) is 2.90. The van der Waals surface area contributed by atoms with Crippen LogP contribution in [0.25, 0.3) is 0 Å². The van der Waals surface area contributed by atoms with Crippen molar-refractivity contribution in [3.63, 3.8) is 0 Å². The molecule has 0 radical (unpaired) electrons. The van der Waals surface area contributed by atoms with Gasteiger partial charge in [0.2, 0.25) is 0 Å². The van der Waals surface area contributed by atoms with Gasteiger partial charge in [-0.25, -0.2) is 9.78 Å². The molecule has 0 saturated carbocycles. The van der Waals surface area contributed by atoms with E-state index < -0.39 is 5.97 Å². The molecule has 110 valence electrons. The minimum atomic E-state index is -0.952. The summed E-state index contributed by atoms with van der Waals surface area (Å²) < 4.78 is 0. The number of rotatable bonds is 4. The summed E-state index contributed by atoms with van der Waals surface area (Å²) >= 11 is 5.92. The van der Waals surface area contributed by atoms with Crippen LogP contribution in [0, 0.1) is 5.41 Å². The Morgan fingerprint density at radius 3 is 2.45 bits per heavy atom. The highest BCUT2D eigenvalue weighted by Crippen LogP contribution is 2.39. The van der Waals surface area contributed by atoms with E-state index in [0.717, 1.165) is 25.9 Å². The molecule has 0 amide bonds. The third-order valence-corrected chi connectivity index (χ3v) is 4.91. The number of aromatic carboxylic acids is 1. The zero-order valence-corrected chi connectivity index (χ0v) is 12.8. The first-order valence-corrected chi connectivity index (χ1v) is 7.54. The van der Waals surface area contributed by atoms with Gasteiger partial charge in [0.1, 0.15) is 16.5 Å². The maximum Gasteiger partial charge on any atom is 0.339 e. The molecule has 2 heterocycles. The molecule has 20 heavy (non-hydrogen) atoms. The monoisotopic (exact) mass is 296 g/mol. The van der Waals surface area contributed by atoms with E-state index in [4.69, 9.17) is 11.6 Å². The van der Waals surface area contributed by atoms with Gasteiger partial charge in [-0.2, -0.15) is 0 Å². The molecule has 0 aromatic carbocycles. The van der Waals surface area contributed by atoms with Crippen LogP contribution >= 0.6 is 11.6 Å². The summed E-state index contributed by atoms with van der Waals surface area (Å²) in [5, 5.41) is 9.61. The van der Waals surface area contributed by atoms with Crippen LogP contribution in [0.2, 0.25) is 5.15 Å². The van der Waals surface area contributed by atoms with E-state index >= 15 is 0 Å². The Bertz CT molecular complexity index is 491. The number of pyridine rings is 1. The molecule has 0 aliphatic carbocycles. The Hall–Kier alpha value is -1.29. The average Bonchev–Trinajstić information content (AvgIpc) is 2.47. The van der Waals surface area contributed by atoms with Crippen molar-refractivity contribution >= 4 is 23.4 Å². The van der Waals surface area contributed by atoms with Crippen LogP contribution in [0.15, 0.2) is 12.1 Å². The van der Waals surface area contributed by atoms with Crippen LogP contribution in [0.1, 0.15) is 49.9 Å². The highest BCUT2D eigenvalue weighted by molar-refractivity contribution is 6.29. The Morgan fingerprint density at radius 2 is 1.95 bits per heavy atom. The molecular weight excluding hydrogens is 276 g/mol. The van der Waals surface area contributed by atoms with Crippen molar-refractivity contribution in [1.29, 1.82) is 0 Å². The molecular formula is C15H21ClN2O2. The number of halogens is 1. The van der Waals surface area contributed by atoms with Gasteiger partial charge in [-0.1, -0.05) is 38.3 Å². The molecule has 2 rings (SSSR count). The molecule has 1 aromatic heterocycles. The molecule has 1 N–H and O–H groups in total. The first kappa shape index (κ1) is 15.1. The van der Waals surface area contributed by atoms with Gasteiger partial charge in [0.15, 0.2) is 0 Å². The van der Waals surface area contributed by atoms with Crippen LogP contribution in [-0.4, -0.2) is 29.1 Å². The SMILES string of the molecule is CCC1(CC)CCN(c2nc(Cl)ccc2C(=O)O)CC1. The maximum absolute atomic E-state index is 11.3. The number of carboxylic acid groups (broad SMARTS) is 1. The minimum absolute atomic E-state index is 0.231. The maximum atomic E-state index is 11.3. The van der Waals surface area contributed by atoms with Gasteiger partial charge in [0, 0.05) is 13.1 Å². The van der Waals surface area contributed by atoms with Gasteiger partial charge in [-0.15, -0.1) is 0 Å². The summed E-state index contributed by atoms with van der Waals surface area (Å²) in [4.78, 5) is 17.6. The van der Waals surface area contributed by atoms with Gasteiger partial charge in [-0.3, -0.25) is 0 Å². The fraction of sp³-hybridized carbons (Fsp3) is 0.600. The molecule has 1 fully saturated rings. The highest BCUT2D eigenvalue weighted by atomic mass is 35.5. The lowest BCUT2D eigenvalue weighted by molar-refractivity contribution is 0.0697. The van der Waals surface area contributed by atoms with Crippen molar-refractivity contribution in [3.05, 3.63) is 22.8 Å². The quantitative estimate of drug-likeness (QED) is 0.858. The lowest BCUT2D eigenvalue weighted by atomic mass is 9.74. The summed E-state index contributed by atoms with van der Waals surface area (Å²) in [6.45, 7) is 6.16. The normalized spacial score (nSPS) is 18.1. The lowest BCUT2D eigenvalue weighted by Gasteiger charge is -2.41. The largest absolute Gasteiger partial charge is 0.478 e. The second kappa shape index (κ2) is 6.00. The molecule has 1 saturated heterocycles. The minimum Gasteiger partial charge on any atom is -0.478 e. The van der Waals surface area contributed by atoms with E-state index in [2.05, 4.69) is 23.7 Å². The highest BCUT2D eigenvalue weighted by Gasteiger charge is 2.32. The fourth-order valence-electron chi connectivity index (χ4n) is 2.98. The lowest BCUT2D eigenvalue weighted by Crippen LogP contribution is -2.40. The Morgan fingerprint density at radius 1 is 1.35 bits per heavy atom. The molecule has 0 atom stereocenters. The first-order chi connectivity index (χ1) is 9.51. The van der Waals surface area contributed by atoms with Gasteiger partial charge in [0.05, 0.1) is 0 Å². The number of piperidine rings is 1. The zero-order chi connectivity index (χ0) is 14.8. The molecule has 1 aromatic rings. The number of carbonyl (C=O) groups is 1. The van der Waals surface area contributed by atoms with Crippen molar-refractivity contribution < 1.29 is 9.90 Å². The average molecular weight is 297 g/mol. The second-order valence-corrected chi connectivity index (χ2v) is 5.89. The fourth-order valence-corrected chi connectivity index (χ4v) is 3.13. The van der Waals surface area contributed by atoms with E-state index in [0.29, 0.717) is 16.4 Å². The number of hydrogen-bond acceptors (Lipinski definition) is 3.